The molecule has 0 bridgehead atoms. The lowest BCUT2D eigenvalue weighted by Crippen LogP contribution is -2.11. The van der Waals surface area contributed by atoms with Crippen molar-refractivity contribution in [2.75, 3.05) is 4.90 Å². The molecule has 9 aromatic carbocycles. The minimum atomic E-state index is 0.603. The molecule has 0 radical (unpaired) electrons. The fraction of sp³-hybridized carbons (Fsp3) is 0. The summed E-state index contributed by atoms with van der Waals surface area (Å²) in [5.74, 6) is 0.603. The van der Waals surface area contributed by atoms with E-state index in [1.165, 1.54) is 27.4 Å². The highest BCUT2D eigenvalue weighted by Gasteiger charge is 2.22. The first-order chi connectivity index (χ1) is 29.7. The zero-order valence-electron chi connectivity index (χ0n) is 32.4. The normalized spacial score (nSPS) is 11.7. The summed E-state index contributed by atoms with van der Waals surface area (Å²) < 4.78 is 15.0. The molecule has 0 aliphatic heterocycles. The van der Waals surface area contributed by atoms with Crippen LogP contribution in [0.25, 0.3) is 94.2 Å². The molecule has 5 nitrogen and oxygen atoms in total. The van der Waals surface area contributed by atoms with Gasteiger partial charge in [-0.25, -0.2) is 4.98 Å². The van der Waals surface area contributed by atoms with Crippen molar-refractivity contribution < 1.29 is 8.83 Å². The first kappa shape index (κ1) is 33.9. The van der Waals surface area contributed by atoms with Gasteiger partial charge in [-0.15, -0.1) is 0 Å². The summed E-state index contributed by atoms with van der Waals surface area (Å²) in [5.41, 5.74) is 15.2. The number of aromatic nitrogens is 2. The highest BCUT2D eigenvalue weighted by molar-refractivity contribution is 6.14. The lowest BCUT2D eigenvalue weighted by Gasteiger charge is -2.27. The van der Waals surface area contributed by atoms with Crippen molar-refractivity contribution in [3.05, 3.63) is 212 Å². The van der Waals surface area contributed by atoms with Gasteiger partial charge in [0.15, 0.2) is 5.58 Å². The maximum atomic E-state index is 6.47. The molecule has 0 spiro atoms. The SMILES string of the molecule is c1ccc(-c2ccc(N(c3ccc(-c4ccc5c(c4)oc4cc6oc(-c7ccccc7)nc6cc45)cc3)c3cccc4c5ccccc5n(-c5ccccc5)c34)cc2)cc1. The number of hydrogen-bond donors (Lipinski definition) is 0. The average molecular weight is 770 g/mol. The van der Waals surface area contributed by atoms with Crippen LogP contribution in [0.1, 0.15) is 0 Å². The van der Waals surface area contributed by atoms with Gasteiger partial charge in [-0.05, 0) is 101 Å². The van der Waals surface area contributed by atoms with Crippen LogP contribution in [-0.2, 0) is 0 Å². The zero-order valence-corrected chi connectivity index (χ0v) is 32.4. The van der Waals surface area contributed by atoms with Gasteiger partial charge in [-0.3, -0.25) is 0 Å². The molecule has 3 heterocycles. The van der Waals surface area contributed by atoms with Crippen molar-refractivity contribution in [1.29, 1.82) is 0 Å². The molecule has 0 saturated heterocycles. The summed E-state index contributed by atoms with van der Waals surface area (Å²) in [4.78, 5) is 7.19. The Morgan fingerprint density at radius 1 is 0.383 bits per heavy atom. The second-order valence-corrected chi connectivity index (χ2v) is 15.2. The number of nitrogens with zero attached hydrogens (tertiary/aromatic N) is 3. The standard InChI is InChI=1S/C55H35N3O2/c1-4-13-36(14-5-1)37-23-28-42(29-24-37)57(50-22-12-20-46-44-19-10-11-21-49(44)58(54(46)50)41-17-8-3-9-18-41)43-30-25-38(26-31-43)40-27-32-45-47-34-48-53(35-52(47)59-51(45)33-40)60-55(56-48)39-15-6-2-7-16-39/h1-35H. The number of rotatable bonds is 7. The molecule has 0 N–H and O–H groups in total. The highest BCUT2D eigenvalue weighted by Crippen LogP contribution is 2.44. The smallest absolute Gasteiger partial charge is 0.227 e. The fourth-order valence-corrected chi connectivity index (χ4v) is 8.77. The van der Waals surface area contributed by atoms with Gasteiger partial charge >= 0.3 is 0 Å². The Bertz CT molecular complexity index is 3510. The van der Waals surface area contributed by atoms with Gasteiger partial charge in [0.2, 0.25) is 5.89 Å². The van der Waals surface area contributed by atoms with Crippen LogP contribution in [0.5, 0.6) is 0 Å². The Labute approximate surface area is 345 Å². The first-order valence-corrected chi connectivity index (χ1v) is 20.2. The third kappa shape index (κ3) is 5.59. The van der Waals surface area contributed by atoms with Gasteiger partial charge in [-0.1, -0.05) is 127 Å². The van der Waals surface area contributed by atoms with Crippen molar-refractivity contribution in [1.82, 2.24) is 9.55 Å². The molecule has 12 rings (SSSR count). The largest absolute Gasteiger partial charge is 0.456 e. The van der Waals surface area contributed by atoms with Crippen LogP contribution < -0.4 is 4.90 Å². The molecule has 0 aliphatic carbocycles. The number of oxazole rings is 1. The lowest BCUT2D eigenvalue weighted by atomic mass is 10.0. The third-order valence-electron chi connectivity index (χ3n) is 11.6. The fourth-order valence-electron chi connectivity index (χ4n) is 8.77. The van der Waals surface area contributed by atoms with Crippen LogP contribution in [0.4, 0.5) is 17.1 Å². The number of furan rings is 1. The minimum Gasteiger partial charge on any atom is -0.456 e. The van der Waals surface area contributed by atoms with E-state index in [1.807, 2.05) is 36.4 Å². The molecule has 282 valence electrons. The second-order valence-electron chi connectivity index (χ2n) is 15.2. The topological polar surface area (TPSA) is 47.3 Å². The van der Waals surface area contributed by atoms with Crippen molar-refractivity contribution in [3.8, 4) is 39.4 Å². The van der Waals surface area contributed by atoms with Gasteiger partial charge in [0.1, 0.15) is 16.7 Å². The molecule has 0 amide bonds. The summed E-state index contributed by atoms with van der Waals surface area (Å²) in [5, 5.41) is 4.48. The number of hydrogen-bond acceptors (Lipinski definition) is 4. The van der Waals surface area contributed by atoms with Crippen LogP contribution in [0, 0.1) is 0 Å². The molecule has 0 fully saturated rings. The number of para-hydroxylation sites is 3. The summed E-state index contributed by atoms with van der Waals surface area (Å²) in [6.07, 6.45) is 0. The van der Waals surface area contributed by atoms with Crippen LogP contribution in [0.15, 0.2) is 221 Å². The predicted molar refractivity (Wildman–Crippen MR) is 247 cm³/mol. The molecule has 0 atom stereocenters. The number of anilines is 3. The van der Waals surface area contributed by atoms with Gasteiger partial charge in [0, 0.05) is 50.2 Å². The van der Waals surface area contributed by atoms with E-state index in [2.05, 4.69) is 185 Å². The van der Waals surface area contributed by atoms with Crippen molar-refractivity contribution in [3.63, 3.8) is 0 Å². The van der Waals surface area contributed by atoms with Crippen LogP contribution >= 0.6 is 0 Å². The molecule has 5 heteroatoms. The van der Waals surface area contributed by atoms with E-state index in [0.717, 1.165) is 72.4 Å². The highest BCUT2D eigenvalue weighted by atomic mass is 16.4. The Balaban J connectivity index is 0.970. The molecule has 0 saturated carbocycles. The third-order valence-corrected chi connectivity index (χ3v) is 11.6. The van der Waals surface area contributed by atoms with Gasteiger partial charge in [0.05, 0.1) is 16.7 Å². The van der Waals surface area contributed by atoms with Gasteiger partial charge < -0.3 is 18.3 Å². The Kier molecular flexibility index (Phi) is 7.78. The van der Waals surface area contributed by atoms with E-state index in [4.69, 9.17) is 13.8 Å². The van der Waals surface area contributed by atoms with E-state index >= 15 is 0 Å². The average Bonchev–Trinajstić information content (AvgIpc) is 4.01. The van der Waals surface area contributed by atoms with Crippen LogP contribution in [-0.4, -0.2) is 9.55 Å². The Morgan fingerprint density at radius 2 is 0.967 bits per heavy atom. The minimum absolute atomic E-state index is 0.603. The molecule has 60 heavy (non-hydrogen) atoms. The quantitative estimate of drug-likeness (QED) is 0.162. The van der Waals surface area contributed by atoms with E-state index in [0.29, 0.717) is 11.5 Å². The second kappa shape index (κ2) is 13.8. The monoisotopic (exact) mass is 769 g/mol. The van der Waals surface area contributed by atoms with Crippen LogP contribution in [0.3, 0.4) is 0 Å². The summed E-state index contributed by atoms with van der Waals surface area (Å²) in [7, 11) is 0. The van der Waals surface area contributed by atoms with Gasteiger partial charge in [-0.2, -0.15) is 0 Å². The molecule has 0 aliphatic rings. The van der Waals surface area contributed by atoms with Crippen LogP contribution in [0.2, 0.25) is 0 Å². The van der Waals surface area contributed by atoms with Crippen molar-refractivity contribution in [2.24, 2.45) is 0 Å². The number of benzene rings is 9. The molecular formula is C55H35N3O2. The maximum Gasteiger partial charge on any atom is 0.227 e. The van der Waals surface area contributed by atoms with Crippen molar-refractivity contribution in [2.45, 2.75) is 0 Å². The molecule has 12 aromatic rings. The zero-order chi connectivity index (χ0) is 39.6. The molecule has 0 unspecified atom stereocenters. The Morgan fingerprint density at radius 3 is 1.70 bits per heavy atom. The summed E-state index contributed by atoms with van der Waals surface area (Å²) >= 11 is 0. The molecular weight excluding hydrogens is 735 g/mol. The van der Waals surface area contributed by atoms with E-state index in [-0.39, 0.29) is 0 Å². The van der Waals surface area contributed by atoms with E-state index in [1.54, 1.807) is 0 Å². The maximum absolute atomic E-state index is 6.47. The van der Waals surface area contributed by atoms with Gasteiger partial charge in [0.25, 0.3) is 0 Å². The molecule has 3 aromatic heterocycles. The predicted octanol–water partition coefficient (Wildman–Crippen LogP) is 15.3. The van der Waals surface area contributed by atoms with Crippen molar-refractivity contribution >= 4 is 71.9 Å². The summed E-state index contributed by atoms with van der Waals surface area (Å²) in [6.45, 7) is 0. The van der Waals surface area contributed by atoms with E-state index < -0.39 is 0 Å². The first-order valence-electron chi connectivity index (χ1n) is 20.2. The lowest BCUT2D eigenvalue weighted by molar-refractivity contribution is 0.617. The number of fused-ring (bicyclic) bond motifs is 7. The Hall–Kier alpha value is -8.15. The van der Waals surface area contributed by atoms with E-state index in [9.17, 15) is 0 Å². The summed E-state index contributed by atoms with van der Waals surface area (Å²) in [6, 6.07) is 74.8.